The van der Waals surface area contributed by atoms with Gasteiger partial charge in [0.25, 0.3) is 0 Å². The van der Waals surface area contributed by atoms with Gasteiger partial charge in [0.1, 0.15) is 0 Å². The van der Waals surface area contributed by atoms with Crippen LogP contribution in [0.15, 0.2) is 29.2 Å². The molecule has 0 N–H and O–H groups in total. The zero-order chi connectivity index (χ0) is 14.8. The van der Waals surface area contributed by atoms with Crippen LogP contribution in [0.1, 0.15) is 13.8 Å². The minimum Gasteiger partial charge on any atom is -0.370 e. The minimum atomic E-state index is -3.24. The van der Waals surface area contributed by atoms with Crippen molar-refractivity contribution in [3.8, 4) is 0 Å². The predicted octanol–water partition coefficient (Wildman–Crippen LogP) is 2.31. The second kappa shape index (κ2) is 6.33. The van der Waals surface area contributed by atoms with E-state index in [4.69, 9.17) is 16.3 Å². The Hall–Kier alpha value is -0.780. The van der Waals surface area contributed by atoms with Crippen LogP contribution in [-0.2, 0) is 14.6 Å². The van der Waals surface area contributed by atoms with Crippen molar-refractivity contribution < 1.29 is 13.2 Å². The zero-order valence-electron chi connectivity index (χ0n) is 11.8. The Kier molecular flexibility index (Phi) is 4.94. The molecule has 0 aliphatic carbocycles. The maximum absolute atomic E-state index is 12.2. The number of morpholine rings is 1. The van der Waals surface area contributed by atoms with Crippen molar-refractivity contribution in [3.05, 3.63) is 24.3 Å². The Morgan fingerprint density at radius 2 is 2.05 bits per heavy atom. The fourth-order valence-corrected chi connectivity index (χ4v) is 3.75. The summed E-state index contributed by atoms with van der Waals surface area (Å²) in [6.07, 6.45) is -0.0392. The number of hydrogen-bond donors (Lipinski definition) is 0. The summed E-state index contributed by atoms with van der Waals surface area (Å²) in [6, 6.07) is 7.14. The molecule has 1 fully saturated rings. The monoisotopic (exact) mass is 317 g/mol. The number of rotatable bonds is 4. The molecule has 6 heteroatoms. The van der Waals surface area contributed by atoms with E-state index in [1.165, 1.54) is 0 Å². The largest absolute Gasteiger partial charge is 0.370 e. The van der Waals surface area contributed by atoms with E-state index in [1.54, 1.807) is 19.1 Å². The lowest BCUT2D eigenvalue weighted by Crippen LogP contribution is -2.47. The van der Waals surface area contributed by atoms with Gasteiger partial charge < -0.3 is 9.64 Å². The molecule has 1 heterocycles. The smallest absolute Gasteiger partial charge is 0.180 e. The van der Waals surface area contributed by atoms with Crippen LogP contribution in [0.25, 0.3) is 0 Å². The van der Waals surface area contributed by atoms with E-state index < -0.39 is 9.84 Å². The van der Waals surface area contributed by atoms with E-state index in [1.807, 2.05) is 19.1 Å². The van der Waals surface area contributed by atoms with Gasteiger partial charge in [-0.15, -0.1) is 11.6 Å². The Morgan fingerprint density at radius 1 is 1.35 bits per heavy atom. The molecule has 112 valence electrons. The van der Waals surface area contributed by atoms with Crippen LogP contribution < -0.4 is 4.90 Å². The van der Waals surface area contributed by atoms with Crippen LogP contribution >= 0.6 is 11.6 Å². The molecule has 0 radical (unpaired) electrons. The average Bonchev–Trinajstić information content (AvgIpc) is 2.46. The fourth-order valence-electron chi connectivity index (χ4n) is 2.46. The lowest BCUT2D eigenvalue weighted by Gasteiger charge is -2.38. The van der Waals surface area contributed by atoms with Crippen molar-refractivity contribution in [2.45, 2.75) is 31.0 Å². The number of hydrogen-bond acceptors (Lipinski definition) is 4. The molecule has 1 saturated heterocycles. The van der Waals surface area contributed by atoms with Gasteiger partial charge in [-0.3, -0.25) is 0 Å². The third kappa shape index (κ3) is 3.27. The number of nitrogens with zero attached hydrogens (tertiary/aromatic N) is 1. The number of para-hydroxylation sites is 1. The molecule has 4 nitrogen and oxygen atoms in total. The van der Waals surface area contributed by atoms with Crippen molar-refractivity contribution in [2.75, 3.05) is 29.6 Å². The van der Waals surface area contributed by atoms with Gasteiger partial charge in [-0.05, 0) is 19.1 Å². The molecule has 0 bridgehead atoms. The van der Waals surface area contributed by atoms with Gasteiger partial charge in [0.15, 0.2) is 9.84 Å². The summed E-state index contributed by atoms with van der Waals surface area (Å²) in [4.78, 5) is 2.45. The summed E-state index contributed by atoms with van der Waals surface area (Å²) in [7, 11) is -3.24. The quantitative estimate of drug-likeness (QED) is 0.800. The summed E-state index contributed by atoms with van der Waals surface area (Å²) in [5.41, 5.74) is 0.750. The third-order valence-corrected chi connectivity index (χ3v) is 5.54. The van der Waals surface area contributed by atoms with E-state index in [-0.39, 0.29) is 18.0 Å². The molecule has 1 aliphatic rings. The fraction of sp³-hybridized carbons (Fsp3) is 0.571. The SMILES string of the molecule is CCS(=O)(=O)c1ccccc1N1CC(C)OC(CCl)C1. The van der Waals surface area contributed by atoms with Crippen molar-refractivity contribution in [3.63, 3.8) is 0 Å². The van der Waals surface area contributed by atoms with Gasteiger partial charge in [-0.25, -0.2) is 8.42 Å². The van der Waals surface area contributed by atoms with Crippen molar-refractivity contribution in [1.29, 1.82) is 0 Å². The van der Waals surface area contributed by atoms with Gasteiger partial charge >= 0.3 is 0 Å². The molecule has 1 aromatic rings. The number of alkyl halides is 1. The first-order chi connectivity index (χ1) is 9.47. The molecule has 0 aromatic heterocycles. The van der Waals surface area contributed by atoms with E-state index in [9.17, 15) is 8.42 Å². The molecule has 0 saturated carbocycles. The molecule has 2 rings (SSSR count). The lowest BCUT2D eigenvalue weighted by molar-refractivity contribution is -0.00348. The normalized spacial score (nSPS) is 23.9. The molecule has 20 heavy (non-hydrogen) atoms. The third-order valence-electron chi connectivity index (χ3n) is 3.42. The molecule has 0 spiro atoms. The highest BCUT2D eigenvalue weighted by Gasteiger charge is 2.28. The lowest BCUT2D eigenvalue weighted by atomic mass is 10.2. The summed E-state index contributed by atoms with van der Waals surface area (Å²) in [5, 5.41) is 0. The standard InChI is InChI=1S/C14H20ClNO3S/c1-3-20(17,18)14-7-5-4-6-13(14)16-9-11(2)19-12(8-15)10-16/h4-7,11-12H,3,8-10H2,1-2H3. The first-order valence-corrected chi connectivity index (χ1v) is 8.94. The maximum Gasteiger partial charge on any atom is 0.180 e. The highest BCUT2D eigenvalue weighted by molar-refractivity contribution is 7.91. The van der Waals surface area contributed by atoms with Gasteiger partial charge in [-0.1, -0.05) is 19.1 Å². The van der Waals surface area contributed by atoms with Gasteiger partial charge in [0, 0.05) is 13.1 Å². The second-order valence-electron chi connectivity index (χ2n) is 5.00. The second-order valence-corrected chi connectivity index (χ2v) is 7.55. The summed E-state index contributed by atoms with van der Waals surface area (Å²) < 4.78 is 30.1. The van der Waals surface area contributed by atoms with Gasteiger partial charge in [-0.2, -0.15) is 0 Å². The minimum absolute atomic E-state index is 0.0323. The number of sulfone groups is 1. The van der Waals surface area contributed by atoms with Crippen LogP contribution in [0.5, 0.6) is 0 Å². The predicted molar refractivity (Wildman–Crippen MR) is 81.4 cm³/mol. The van der Waals surface area contributed by atoms with E-state index in [2.05, 4.69) is 4.90 Å². The number of anilines is 1. The van der Waals surface area contributed by atoms with E-state index >= 15 is 0 Å². The average molecular weight is 318 g/mol. The molecule has 1 aliphatic heterocycles. The van der Waals surface area contributed by atoms with E-state index in [0.717, 1.165) is 5.69 Å². The summed E-state index contributed by atoms with van der Waals surface area (Å²) >= 11 is 5.89. The first-order valence-electron chi connectivity index (χ1n) is 6.76. The van der Waals surface area contributed by atoms with Crippen molar-refractivity contribution in [2.24, 2.45) is 0 Å². The molecular formula is C14H20ClNO3S. The Labute approximate surface area is 125 Å². The van der Waals surface area contributed by atoms with Gasteiger partial charge in [0.2, 0.25) is 0 Å². The topological polar surface area (TPSA) is 46.6 Å². The van der Waals surface area contributed by atoms with Gasteiger partial charge in [0.05, 0.1) is 34.4 Å². The zero-order valence-corrected chi connectivity index (χ0v) is 13.3. The van der Waals surface area contributed by atoms with Crippen molar-refractivity contribution >= 4 is 27.1 Å². The number of benzene rings is 1. The molecular weight excluding hydrogens is 298 g/mol. The Morgan fingerprint density at radius 3 is 2.70 bits per heavy atom. The molecule has 2 atom stereocenters. The van der Waals surface area contributed by atoms with Crippen LogP contribution in [-0.4, -0.2) is 45.3 Å². The maximum atomic E-state index is 12.2. The van der Waals surface area contributed by atoms with Crippen LogP contribution in [0, 0.1) is 0 Å². The highest BCUT2D eigenvalue weighted by atomic mass is 35.5. The highest BCUT2D eigenvalue weighted by Crippen LogP contribution is 2.28. The number of ether oxygens (including phenoxy) is 1. The summed E-state index contributed by atoms with van der Waals surface area (Å²) in [6.45, 7) is 4.92. The van der Waals surface area contributed by atoms with Crippen LogP contribution in [0.3, 0.4) is 0 Å². The number of halogens is 1. The molecule has 0 amide bonds. The Balaban J connectivity index is 2.38. The van der Waals surface area contributed by atoms with Crippen LogP contribution in [0.2, 0.25) is 0 Å². The molecule has 1 aromatic carbocycles. The van der Waals surface area contributed by atoms with Crippen LogP contribution in [0.4, 0.5) is 5.69 Å². The Bertz CT molecular complexity index is 561. The van der Waals surface area contributed by atoms with E-state index in [0.29, 0.717) is 23.9 Å². The molecule has 2 unspecified atom stereocenters. The van der Waals surface area contributed by atoms with Crippen molar-refractivity contribution in [1.82, 2.24) is 0 Å². The first kappa shape index (κ1) is 15.6. The summed E-state index contributed by atoms with van der Waals surface area (Å²) in [5.74, 6) is 0.506.